The van der Waals surface area contributed by atoms with Gasteiger partial charge in [0.2, 0.25) is 0 Å². The molecule has 0 aromatic heterocycles. The minimum absolute atomic E-state index is 0.0148. The number of hydrogen-bond acceptors (Lipinski definition) is 3. The number of benzene rings is 1. The zero-order valence-electron chi connectivity index (χ0n) is 13.7. The van der Waals surface area contributed by atoms with E-state index in [2.05, 4.69) is 20.8 Å². The van der Waals surface area contributed by atoms with E-state index in [1.165, 1.54) is 6.42 Å². The largest absolute Gasteiger partial charge is 0.493 e. The highest BCUT2D eigenvalue weighted by Gasteiger charge is 2.19. The summed E-state index contributed by atoms with van der Waals surface area (Å²) in [6.45, 7) is 7.62. The van der Waals surface area contributed by atoms with E-state index in [0.717, 1.165) is 37.2 Å². The zero-order valence-corrected chi connectivity index (χ0v) is 13.7. The normalized spacial score (nSPS) is 14.2. The molecular weight excluding hydrogens is 262 g/mol. The average Bonchev–Trinajstić information content (AvgIpc) is 2.47. The lowest BCUT2D eigenvalue weighted by Crippen LogP contribution is -2.25. The number of hydrogen-bond donors (Lipinski definition) is 2. The maximum absolute atomic E-state index is 10.3. The van der Waals surface area contributed by atoms with Gasteiger partial charge in [0, 0.05) is 12.5 Å². The molecule has 1 aromatic carbocycles. The molecule has 1 rings (SSSR count). The van der Waals surface area contributed by atoms with Crippen LogP contribution >= 0.6 is 0 Å². The Morgan fingerprint density at radius 3 is 2.33 bits per heavy atom. The molecule has 1 aromatic rings. The summed E-state index contributed by atoms with van der Waals surface area (Å²) in [7, 11) is 0. The Bertz CT molecular complexity index is 375. The highest BCUT2D eigenvalue weighted by atomic mass is 16.5. The molecule has 0 saturated heterocycles. The van der Waals surface area contributed by atoms with Gasteiger partial charge in [-0.15, -0.1) is 0 Å². The first-order valence-corrected chi connectivity index (χ1v) is 8.19. The van der Waals surface area contributed by atoms with Gasteiger partial charge in [0.25, 0.3) is 0 Å². The van der Waals surface area contributed by atoms with Gasteiger partial charge in [0.1, 0.15) is 5.75 Å². The quantitative estimate of drug-likeness (QED) is 0.647. The Morgan fingerprint density at radius 1 is 1.14 bits per heavy atom. The highest BCUT2D eigenvalue weighted by molar-refractivity contribution is 5.30. The molecule has 0 aliphatic rings. The molecule has 0 aliphatic carbocycles. The molecule has 0 radical (unpaired) electrons. The summed E-state index contributed by atoms with van der Waals surface area (Å²) in [5.74, 6) is 1.41. The standard InChI is InChI=1S/C18H31NO2/c1-4-5-6-7-18(20)17(12-19)15-8-10-16(11-9-15)21-13-14(2)3/h8-11,14,17-18,20H,4-7,12-13,19H2,1-3H3. The fraction of sp³-hybridized carbons (Fsp3) is 0.667. The Morgan fingerprint density at radius 2 is 1.81 bits per heavy atom. The van der Waals surface area contributed by atoms with Crippen LogP contribution in [0.1, 0.15) is 57.9 Å². The van der Waals surface area contributed by atoms with Crippen molar-refractivity contribution < 1.29 is 9.84 Å². The Hall–Kier alpha value is -1.06. The van der Waals surface area contributed by atoms with Gasteiger partial charge in [-0.05, 0) is 30.0 Å². The summed E-state index contributed by atoms with van der Waals surface area (Å²) < 4.78 is 5.68. The van der Waals surface area contributed by atoms with Crippen molar-refractivity contribution in [3.05, 3.63) is 29.8 Å². The minimum Gasteiger partial charge on any atom is -0.493 e. The van der Waals surface area contributed by atoms with Crippen LogP contribution in [0.3, 0.4) is 0 Å². The van der Waals surface area contributed by atoms with Gasteiger partial charge >= 0.3 is 0 Å². The van der Waals surface area contributed by atoms with Crippen molar-refractivity contribution in [2.75, 3.05) is 13.2 Å². The molecular formula is C18H31NO2. The molecule has 3 nitrogen and oxygen atoms in total. The van der Waals surface area contributed by atoms with Crippen LogP contribution in [0.25, 0.3) is 0 Å². The molecule has 0 saturated carbocycles. The van der Waals surface area contributed by atoms with Gasteiger partial charge in [0.05, 0.1) is 12.7 Å². The van der Waals surface area contributed by atoms with Gasteiger partial charge in [-0.2, -0.15) is 0 Å². The molecule has 2 atom stereocenters. The van der Waals surface area contributed by atoms with Crippen LogP contribution in [-0.2, 0) is 0 Å². The second kappa shape index (κ2) is 9.80. The summed E-state index contributed by atoms with van der Waals surface area (Å²) in [6.07, 6.45) is 3.85. The molecule has 3 heteroatoms. The average molecular weight is 293 g/mol. The van der Waals surface area contributed by atoms with Crippen LogP contribution in [0.5, 0.6) is 5.75 Å². The van der Waals surface area contributed by atoms with Crippen molar-refractivity contribution in [1.82, 2.24) is 0 Å². The Labute approximate surface area is 129 Å². The van der Waals surface area contributed by atoms with Crippen LogP contribution in [0, 0.1) is 5.92 Å². The molecule has 2 unspecified atom stereocenters. The van der Waals surface area contributed by atoms with Crippen molar-refractivity contribution in [3.63, 3.8) is 0 Å². The van der Waals surface area contributed by atoms with E-state index in [-0.39, 0.29) is 12.0 Å². The Kier molecular flexibility index (Phi) is 8.40. The monoisotopic (exact) mass is 293 g/mol. The molecule has 0 fully saturated rings. The third-order valence-corrected chi connectivity index (χ3v) is 3.71. The van der Waals surface area contributed by atoms with Crippen molar-refractivity contribution >= 4 is 0 Å². The molecule has 0 bridgehead atoms. The summed E-state index contributed by atoms with van der Waals surface area (Å²) in [6, 6.07) is 7.99. The maximum atomic E-state index is 10.3. The van der Waals surface area contributed by atoms with Crippen molar-refractivity contribution in [2.45, 2.75) is 58.5 Å². The predicted molar refractivity (Wildman–Crippen MR) is 88.7 cm³/mol. The number of nitrogens with two attached hydrogens (primary N) is 1. The summed E-state index contributed by atoms with van der Waals surface area (Å²) >= 11 is 0. The second-order valence-corrected chi connectivity index (χ2v) is 6.18. The molecule has 0 aliphatic heterocycles. The lowest BCUT2D eigenvalue weighted by atomic mass is 9.90. The molecule has 0 heterocycles. The van der Waals surface area contributed by atoms with E-state index >= 15 is 0 Å². The number of aliphatic hydroxyl groups is 1. The second-order valence-electron chi connectivity index (χ2n) is 6.18. The van der Waals surface area contributed by atoms with Crippen molar-refractivity contribution in [1.29, 1.82) is 0 Å². The predicted octanol–water partition coefficient (Wildman–Crippen LogP) is 3.70. The van der Waals surface area contributed by atoms with Gasteiger partial charge in [-0.25, -0.2) is 0 Å². The van der Waals surface area contributed by atoms with Crippen LogP contribution in [-0.4, -0.2) is 24.4 Å². The SMILES string of the molecule is CCCCCC(O)C(CN)c1ccc(OCC(C)C)cc1. The smallest absolute Gasteiger partial charge is 0.119 e. The molecule has 3 N–H and O–H groups in total. The van der Waals surface area contributed by atoms with Crippen LogP contribution in [0.2, 0.25) is 0 Å². The first-order chi connectivity index (χ1) is 10.1. The highest BCUT2D eigenvalue weighted by Crippen LogP contribution is 2.24. The van der Waals surface area contributed by atoms with Gasteiger partial charge in [-0.1, -0.05) is 52.2 Å². The Balaban J connectivity index is 2.59. The third kappa shape index (κ3) is 6.49. The maximum Gasteiger partial charge on any atom is 0.119 e. The van der Waals surface area contributed by atoms with Crippen LogP contribution in [0.15, 0.2) is 24.3 Å². The van der Waals surface area contributed by atoms with Crippen LogP contribution in [0.4, 0.5) is 0 Å². The summed E-state index contributed by atoms with van der Waals surface area (Å²) in [5.41, 5.74) is 6.95. The van der Waals surface area contributed by atoms with E-state index in [4.69, 9.17) is 10.5 Å². The number of aliphatic hydroxyl groups excluding tert-OH is 1. The summed E-state index contributed by atoms with van der Waals surface area (Å²) in [4.78, 5) is 0. The van der Waals surface area contributed by atoms with E-state index in [9.17, 15) is 5.11 Å². The number of ether oxygens (including phenoxy) is 1. The van der Waals surface area contributed by atoms with Crippen molar-refractivity contribution in [2.24, 2.45) is 11.7 Å². The van der Waals surface area contributed by atoms with Gasteiger partial charge < -0.3 is 15.6 Å². The summed E-state index contributed by atoms with van der Waals surface area (Å²) in [5, 5.41) is 10.3. The molecule has 120 valence electrons. The van der Waals surface area contributed by atoms with E-state index in [1.807, 2.05) is 24.3 Å². The van der Waals surface area contributed by atoms with Gasteiger partial charge in [-0.3, -0.25) is 0 Å². The minimum atomic E-state index is -0.357. The number of unbranched alkanes of at least 4 members (excludes halogenated alkanes) is 2. The van der Waals surface area contributed by atoms with Gasteiger partial charge in [0.15, 0.2) is 0 Å². The zero-order chi connectivity index (χ0) is 15.7. The third-order valence-electron chi connectivity index (χ3n) is 3.71. The molecule has 0 spiro atoms. The fourth-order valence-electron chi connectivity index (χ4n) is 2.39. The lowest BCUT2D eigenvalue weighted by Gasteiger charge is -2.22. The van der Waals surface area contributed by atoms with Crippen molar-refractivity contribution in [3.8, 4) is 5.75 Å². The number of rotatable bonds is 10. The first kappa shape index (κ1) is 18.0. The lowest BCUT2D eigenvalue weighted by molar-refractivity contribution is 0.132. The molecule has 0 amide bonds. The van der Waals surface area contributed by atoms with E-state index in [1.54, 1.807) is 0 Å². The van der Waals surface area contributed by atoms with E-state index in [0.29, 0.717) is 12.5 Å². The van der Waals surface area contributed by atoms with Crippen LogP contribution < -0.4 is 10.5 Å². The topological polar surface area (TPSA) is 55.5 Å². The first-order valence-electron chi connectivity index (χ1n) is 8.19. The van der Waals surface area contributed by atoms with E-state index < -0.39 is 0 Å². The molecule has 21 heavy (non-hydrogen) atoms. The fourth-order valence-corrected chi connectivity index (χ4v) is 2.39.